The molecule has 0 saturated carbocycles. The standard InChI is InChI=1S/C15H22N2O/c1-10(2)11(3)17(4)15(18)13-6-5-12-7-8-16-14(12)9-13/h5-6,9-11,16H,7-8H2,1-4H3. The Kier molecular flexibility index (Phi) is 3.60. The second kappa shape index (κ2) is 5.01. The molecule has 0 radical (unpaired) electrons. The van der Waals surface area contributed by atoms with Crippen LogP contribution in [0.15, 0.2) is 18.2 Å². The highest BCUT2D eigenvalue weighted by atomic mass is 16.2. The Hall–Kier alpha value is -1.51. The van der Waals surface area contributed by atoms with Gasteiger partial charge in [-0.1, -0.05) is 19.9 Å². The number of anilines is 1. The molecule has 1 heterocycles. The summed E-state index contributed by atoms with van der Waals surface area (Å²) < 4.78 is 0. The van der Waals surface area contributed by atoms with Gasteiger partial charge in [-0.25, -0.2) is 0 Å². The van der Waals surface area contributed by atoms with Gasteiger partial charge < -0.3 is 10.2 Å². The van der Waals surface area contributed by atoms with Crippen molar-refractivity contribution in [2.75, 3.05) is 18.9 Å². The molecule has 1 aromatic rings. The van der Waals surface area contributed by atoms with Crippen LogP contribution in [0.3, 0.4) is 0 Å². The molecule has 0 fully saturated rings. The summed E-state index contributed by atoms with van der Waals surface area (Å²) in [5, 5.41) is 3.32. The molecule has 1 aliphatic heterocycles. The van der Waals surface area contributed by atoms with Crippen molar-refractivity contribution < 1.29 is 4.79 Å². The molecule has 3 nitrogen and oxygen atoms in total. The Balaban J connectivity index is 2.19. The Morgan fingerprint density at radius 1 is 1.33 bits per heavy atom. The van der Waals surface area contributed by atoms with E-state index in [1.54, 1.807) is 0 Å². The van der Waals surface area contributed by atoms with Crippen LogP contribution in [0.25, 0.3) is 0 Å². The average Bonchev–Trinajstić information content (AvgIpc) is 2.82. The fourth-order valence-electron chi connectivity index (χ4n) is 2.26. The number of carbonyl (C=O) groups is 1. The van der Waals surface area contributed by atoms with Crippen molar-refractivity contribution in [3.63, 3.8) is 0 Å². The summed E-state index contributed by atoms with van der Waals surface area (Å²) in [6.45, 7) is 7.34. The number of nitrogens with zero attached hydrogens (tertiary/aromatic N) is 1. The van der Waals surface area contributed by atoms with E-state index in [0.717, 1.165) is 24.2 Å². The number of benzene rings is 1. The van der Waals surface area contributed by atoms with Crippen LogP contribution < -0.4 is 5.32 Å². The molecule has 1 unspecified atom stereocenters. The van der Waals surface area contributed by atoms with E-state index in [-0.39, 0.29) is 11.9 Å². The van der Waals surface area contributed by atoms with Crippen LogP contribution in [0.5, 0.6) is 0 Å². The molecule has 0 saturated heterocycles. The third kappa shape index (κ3) is 2.35. The van der Waals surface area contributed by atoms with Crippen molar-refractivity contribution in [3.05, 3.63) is 29.3 Å². The molecule has 0 aliphatic carbocycles. The minimum Gasteiger partial charge on any atom is -0.384 e. The number of amides is 1. The molecule has 2 rings (SSSR count). The molecular weight excluding hydrogens is 224 g/mol. The van der Waals surface area contributed by atoms with Crippen LogP contribution in [-0.4, -0.2) is 30.4 Å². The Morgan fingerprint density at radius 3 is 2.72 bits per heavy atom. The molecule has 1 aliphatic rings. The predicted molar refractivity (Wildman–Crippen MR) is 75.0 cm³/mol. The molecule has 1 amide bonds. The van der Waals surface area contributed by atoms with Crippen molar-refractivity contribution in [3.8, 4) is 0 Å². The number of rotatable bonds is 3. The van der Waals surface area contributed by atoms with Crippen molar-refractivity contribution in [1.82, 2.24) is 4.90 Å². The highest BCUT2D eigenvalue weighted by molar-refractivity contribution is 5.95. The van der Waals surface area contributed by atoms with Crippen molar-refractivity contribution in [2.24, 2.45) is 5.92 Å². The molecular formula is C15H22N2O. The molecule has 1 atom stereocenters. The van der Waals surface area contributed by atoms with E-state index in [9.17, 15) is 4.79 Å². The minimum absolute atomic E-state index is 0.104. The summed E-state index contributed by atoms with van der Waals surface area (Å²) in [6, 6.07) is 6.24. The van der Waals surface area contributed by atoms with Gasteiger partial charge in [-0.3, -0.25) is 4.79 Å². The van der Waals surface area contributed by atoms with Gasteiger partial charge in [0.1, 0.15) is 0 Å². The summed E-state index contributed by atoms with van der Waals surface area (Å²) in [6.07, 6.45) is 1.06. The van der Waals surface area contributed by atoms with Gasteiger partial charge in [-0.05, 0) is 37.0 Å². The van der Waals surface area contributed by atoms with E-state index >= 15 is 0 Å². The first-order valence-electron chi connectivity index (χ1n) is 6.64. The number of nitrogens with one attached hydrogen (secondary N) is 1. The maximum atomic E-state index is 12.4. The topological polar surface area (TPSA) is 32.3 Å². The van der Waals surface area contributed by atoms with E-state index in [4.69, 9.17) is 0 Å². The lowest BCUT2D eigenvalue weighted by Gasteiger charge is -2.28. The highest BCUT2D eigenvalue weighted by Crippen LogP contribution is 2.24. The molecule has 98 valence electrons. The van der Waals surface area contributed by atoms with E-state index in [1.807, 2.05) is 24.1 Å². The smallest absolute Gasteiger partial charge is 0.253 e. The molecule has 3 heteroatoms. The first-order chi connectivity index (χ1) is 8.50. The molecule has 1 aromatic carbocycles. The highest BCUT2D eigenvalue weighted by Gasteiger charge is 2.21. The maximum absolute atomic E-state index is 12.4. The fourth-order valence-corrected chi connectivity index (χ4v) is 2.26. The maximum Gasteiger partial charge on any atom is 0.253 e. The summed E-state index contributed by atoms with van der Waals surface area (Å²) in [4.78, 5) is 14.2. The van der Waals surface area contributed by atoms with Gasteiger partial charge in [-0.2, -0.15) is 0 Å². The molecule has 18 heavy (non-hydrogen) atoms. The van der Waals surface area contributed by atoms with E-state index in [1.165, 1.54) is 5.56 Å². The first kappa shape index (κ1) is 12.9. The summed E-state index contributed by atoms with van der Waals surface area (Å²) >= 11 is 0. The lowest BCUT2D eigenvalue weighted by atomic mass is 10.0. The van der Waals surface area contributed by atoms with Crippen molar-refractivity contribution in [1.29, 1.82) is 0 Å². The second-order valence-electron chi connectivity index (χ2n) is 5.45. The van der Waals surface area contributed by atoms with Crippen molar-refractivity contribution >= 4 is 11.6 Å². The Bertz CT molecular complexity index is 454. The molecule has 0 spiro atoms. The monoisotopic (exact) mass is 246 g/mol. The first-order valence-corrected chi connectivity index (χ1v) is 6.64. The second-order valence-corrected chi connectivity index (χ2v) is 5.45. The molecule has 1 N–H and O–H groups in total. The number of carbonyl (C=O) groups excluding carboxylic acids is 1. The third-order valence-electron chi connectivity index (χ3n) is 3.96. The van der Waals surface area contributed by atoms with Gasteiger partial charge in [0.2, 0.25) is 0 Å². The zero-order valence-electron chi connectivity index (χ0n) is 11.7. The Labute approximate surface area is 109 Å². The number of fused-ring (bicyclic) bond motifs is 1. The lowest BCUT2D eigenvalue weighted by molar-refractivity contribution is 0.0707. The molecule has 0 aromatic heterocycles. The van der Waals surface area contributed by atoms with Crippen LogP contribution >= 0.6 is 0 Å². The van der Waals surface area contributed by atoms with Crippen LogP contribution in [0.4, 0.5) is 5.69 Å². The SMILES string of the molecule is CC(C)C(C)N(C)C(=O)c1ccc2c(c1)NCC2. The Morgan fingerprint density at radius 2 is 2.06 bits per heavy atom. The number of hydrogen-bond acceptors (Lipinski definition) is 2. The van der Waals surface area contributed by atoms with Crippen LogP contribution in [0, 0.1) is 5.92 Å². The summed E-state index contributed by atoms with van der Waals surface area (Å²) in [5.41, 5.74) is 3.20. The average molecular weight is 246 g/mol. The predicted octanol–water partition coefficient (Wildman–Crippen LogP) is 2.77. The van der Waals surface area contributed by atoms with Gasteiger partial charge in [0, 0.05) is 30.9 Å². The fraction of sp³-hybridized carbons (Fsp3) is 0.533. The van der Waals surface area contributed by atoms with E-state index in [2.05, 4.69) is 32.2 Å². The van der Waals surface area contributed by atoms with Gasteiger partial charge >= 0.3 is 0 Å². The van der Waals surface area contributed by atoms with Crippen LogP contribution in [-0.2, 0) is 6.42 Å². The van der Waals surface area contributed by atoms with Gasteiger partial charge in [0.15, 0.2) is 0 Å². The van der Waals surface area contributed by atoms with Crippen LogP contribution in [0.2, 0.25) is 0 Å². The normalized spacial score (nSPS) is 15.2. The zero-order chi connectivity index (χ0) is 13.3. The summed E-state index contributed by atoms with van der Waals surface area (Å²) in [5.74, 6) is 0.569. The largest absolute Gasteiger partial charge is 0.384 e. The third-order valence-corrected chi connectivity index (χ3v) is 3.96. The van der Waals surface area contributed by atoms with Gasteiger partial charge in [-0.15, -0.1) is 0 Å². The molecule has 0 bridgehead atoms. The quantitative estimate of drug-likeness (QED) is 0.889. The van der Waals surface area contributed by atoms with E-state index < -0.39 is 0 Å². The van der Waals surface area contributed by atoms with Gasteiger partial charge in [0.05, 0.1) is 0 Å². The van der Waals surface area contributed by atoms with E-state index in [0.29, 0.717) is 5.92 Å². The van der Waals surface area contributed by atoms with Crippen LogP contribution in [0.1, 0.15) is 36.7 Å². The van der Waals surface area contributed by atoms with Crippen molar-refractivity contribution in [2.45, 2.75) is 33.2 Å². The minimum atomic E-state index is 0.104. The van der Waals surface area contributed by atoms with Gasteiger partial charge in [0.25, 0.3) is 5.91 Å². The number of hydrogen-bond donors (Lipinski definition) is 1. The lowest BCUT2D eigenvalue weighted by Crippen LogP contribution is -2.38. The zero-order valence-corrected chi connectivity index (χ0v) is 11.7. The summed E-state index contributed by atoms with van der Waals surface area (Å²) in [7, 11) is 1.88.